The van der Waals surface area contributed by atoms with Crippen molar-refractivity contribution in [2.75, 3.05) is 0 Å². The Balaban J connectivity index is 0.000000316. The van der Waals surface area contributed by atoms with Gasteiger partial charge < -0.3 is 0 Å². The SMILES string of the molecule is CC.CC(C)c1ccccc1F.Fc1ccccc1. The molecule has 0 saturated carbocycles. The lowest BCUT2D eigenvalue weighted by Crippen LogP contribution is -1.90. The highest BCUT2D eigenvalue weighted by Crippen LogP contribution is 2.16. The second-order valence-corrected chi connectivity index (χ2v) is 3.97. The van der Waals surface area contributed by atoms with Crippen LogP contribution in [-0.2, 0) is 0 Å². The Morgan fingerprint density at radius 1 is 0.737 bits per heavy atom. The molecular formula is C17H22F2. The average Bonchev–Trinajstić information content (AvgIpc) is 2.43. The summed E-state index contributed by atoms with van der Waals surface area (Å²) in [6.45, 7) is 7.97. The van der Waals surface area contributed by atoms with Crippen molar-refractivity contribution >= 4 is 0 Å². The Kier molecular flexibility index (Phi) is 9.33. The monoisotopic (exact) mass is 264 g/mol. The molecule has 0 bridgehead atoms. The van der Waals surface area contributed by atoms with Gasteiger partial charge in [-0.15, -0.1) is 0 Å². The minimum absolute atomic E-state index is 0.0995. The van der Waals surface area contributed by atoms with Gasteiger partial charge in [0, 0.05) is 0 Å². The molecular weight excluding hydrogens is 242 g/mol. The van der Waals surface area contributed by atoms with Crippen molar-refractivity contribution in [3.8, 4) is 0 Å². The van der Waals surface area contributed by atoms with E-state index in [4.69, 9.17) is 0 Å². The van der Waals surface area contributed by atoms with Crippen LogP contribution in [0.4, 0.5) is 8.78 Å². The van der Waals surface area contributed by atoms with Crippen LogP contribution in [0.2, 0.25) is 0 Å². The summed E-state index contributed by atoms with van der Waals surface area (Å²) in [5.41, 5.74) is 0.794. The van der Waals surface area contributed by atoms with E-state index in [-0.39, 0.29) is 17.6 Å². The molecule has 2 aromatic carbocycles. The standard InChI is InChI=1S/C9H11F.C6H5F.C2H6/c1-7(2)8-5-3-4-6-9(8)10;7-6-4-2-1-3-5-6;1-2/h3-7H,1-2H3;1-5H;1-2H3. The number of hydrogen-bond acceptors (Lipinski definition) is 0. The molecule has 0 amide bonds. The van der Waals surface area contributed by atoms with Crippen molar-refractivity contribution in [2.45, 2.75) is 33.6 Å². The quantitative estimate of drug-likeness (QED) is 0.610. The van der Waals surface area contributed by atoms with Crippen LogP contribution in [0.25, 0.3) is 0 Å². The van der Waals surface area contributed by atoms with Crippen molar-refractivity contribution in [1.29, 1.82) is 0 Å². The highest BCUT2D eigenvalue weighted by atomic mass is 19.1. The highest BCUT2D eigenvalue weighted by molar-refractivity contribution is 5.20. The Bertz CT molecular complexity index is 436. The molecule has 2 aromatic rings. The first-order chi connectivity index (χ1) is 9.11. The molecule has 0 saturated heterocycles. The van der Waals surface area contributed by atoms with Gasteiger partial charge in [-0.1, -0.05) is 64.1 Å². The maximum Gasteiger partial charge on any atom is 0.126 e. The smallest absolute Gasteiger partial charge is 0.126 e. The fourth-order valence-electron chi connectivity index (χ4n) is 1.36. The molecule has 0 aliphatic heterocycles. The van der Waals surface area contributed by atoms with Gasteiger partial charge in [0.1, 0.15) is 11.6 Å². The molecule has 0 heterocycles. The summed E-state index contributed by atoms with van der Waals surface area (Å²) in [4.78, 5) is 0. The molecule has 0 aromatic heterocycles. The lowest BCUT2D eigenvalue weighted by atomic mass is 10.0. The largest absolute Gasteiger partial charge is 0.207 e. The minimum atomic E-state index is -0.178. The molecule has 2 rings (SSSR count). The first-order valence-corrected chi connectivity index (χ1v) is 6.56. The van der Waals surface area contributed by atoms with E-state index in [1.165, 1.54) is 18.2 Å². The summed E-state index contributed by atoms with van der Waals surface area (Å²) in [6.07, 6.45) is 0. The van der Waals surface area contributed by atoms with Crippen molar-refractivity contribution in [3.05, 3.63) is 71.8 Å². The summed E-state index contributed by atoms with van der Waals surface area (Å²) in [7, 11) is 0. The first-order valence-electron chi connectivity index (χ1n) is 6.56. The zero-order valence-corrected chi connectivity index (χ0v) is 12.0. The lowest BCUT2D eigenvalue weighted by Gasteiger charge is -2.04. The van der Waals surface area contributed by atoms with E-state index in [9.17, 15) is 8.78 Å². The molecule has 0 N–H and O–H groups in total. The molecule has 0 radical (unpaired) electrons. The Morgan fingerprint density at radius 3 is 1.53 bits per heavy atom. The van der Waals surface area contributed by atoms with Gasteiger partial charge >= 0.3 is 0 Å². The zero-order valence-electron chi connectivity index (χ0n) is 12.0. The van der Waals surface area contributed by atoms with Crippen LogP contribution in [0.15, 0.2) is 54.6 Å². The van der Waals surface area contributed by atoms with E-state index in [0.29, 0.717) is 0 Å². The van der Waals surface area contributed by atoms with Gasteiger partial charge in [-0.05, 0) is 29.7 Å². The van der Waals surface area contributed by atoms with Gasteiger partial charge in [-0.25, -0.2) is 8.78 Å². The van der Waals surface area contributed by atoms with Gasteiger partial charge in [0.05, 0.1) is 0 Å². The Morgan fingerprint density at radius 2 is 1.21 bits per heavy atom. The molecule has 0 unspecified atom stereocenters. The summed E-state index contributed by atoms with van der Waals surface area (Å²) in [5.74, 6) is 0.00111. The van der Waals surface area contributed by atoms with Crippen LogP contribution in [0.5, 0.6) is 0 Å². The molecule has 0 spiro atoms. The van der Waals surface area contributed by atoms with Crippen molar-refractivity contribution in [3.63, 3.8) is 0 Å². The molecule has 104 valence electrons. The van der Waals surface area contributed by atoms with E-state index >= 15 is 0 Å². The minimum Gasteiger partial charge on any atom is -0.207 e. The maximum atomic E-state index is 12.8. The predicted octanol–water partition coefficient (Wildman–Crippen LogP) is 5.80. The average molecular weight is 264 g/mol. The molecule has 19 heavy (non-hydrogen) atoms. The predicted molar refractivity (Wildman–Crippen MR) is 78.2 cm³/mol. The van der Waals surface area contributed by atoms with Crippen LogP contribution in [0, 0.1) is 11.6 Å². The van der Waals surface area contributed by atoms with Crippen LogP contribution < -0.4 is 0 Å². The van der Waals surface area contributed by atoms with Gasteiger partial charge in [0.25, 0.3) is 0 Å². The number of halogens is 2. The molecule has 0 aliphatic carbocycles. The van der Waals surface area contributed by atoms with E-state index in [2.05, 4.69) is 0 Å². The second kappa shape index (κ2) is 10.2. The van der Waals surface area contributed by atoms with E-state index in [0.717, 1.165) is 5.56 Å². The molecule has 0 nitrogen and oxygen atoms in total. The molecule has 2 heteroatoms. The van der Waals surface area contributed by atoms with Crippen LogP contribution in [-0.4, -0.2) is 0 Å². The van der Waals surface area contributed by atoms with E-state index in [1.807, 2.05) is 39.8 Å². The third kappa shape index (κ3) is 7.35. The summed E-state index contributed by atoms with van der Waals surface area (Å²) in [5, 5.41) is 0. The summed E-state index contributed by atoms with van der Waals surface area (Å²) in [6, 6.07) is 14.8. The first kappa shape index (κ1) is 17.3. The second-order valence-electron chi connectivity index (χ2n) is 3.97. The fourth-order valence-corrected chi connectivity index (χ4v) is 1.36. The van der Waals surface area contributed by atoms with Crippen LogP contribution >= 0.6 is 0 Å². The van der Waals surface area contributed by atoms with Gasteiger partial charge in [-0.3, -0.25) is 0 Å². The Labute approximate surface area is 115 Å². The van der Waals surface area contributed by atoms with Gasteiger partial charge in [0.2, 0.25) is 0 Å². The van der Waals surface area contributed by atoms with Crippen molar-refractivity contribution in [1.82, 2.24) is 0 Å². The molecule has 0 fully saturated rings. The zero-order chi connectivity index (χ0) is 14.7. The number of benzene rings is 2. The third-order valence-corrected chi connectivity index (χ3v) is 2.26. The van der Waals surface area contributed by atoms with Gasteiger partial charge in [-0.2, -0.15) is 0 Å². The summed E-state index contributed by atoms with van der Waals surface area (Å²) < 4.78 is 24.7. The van der Waals surface area contributed by atoms with Crippen molar-refractivity contribution < 1.29 is 8.78 Å². The fraction of sp³-hybridized carbons (Fsp3) is 0.294. The Hall–Kier alpha value is -1.70. The van der Waals surface area contributed by atoms with Crippen LogP contribution in [0.3, 0.4) is 0 Å². The number of hydrogen-bond donors (Lipinski definition) is 0. The van der Waals surface area contributed by atoms with Crippen molar-refractivity contribution in [2.24, 2.45) is 0 Å². The topological polar surface area (TPSA) is 0 Å². The summed E-state index contributed by atoms with van der Waals surface area (Å²) >= 11 is 0. The van der Waals surface area contributed by atoms with E-state index in [1.54, 1.807) is 24.3 Å². The van der Waals surface area contributed by atoms with Gasteiger partial charge in [0.15, 0.2) is 0 Å². The number of rotatable bonds is 1. The third-order valence-electron chi connectivity index (χ3n) is 2.26. The van der Waals surface area contributed by atoms with Crippen LogP contribution in [0.1, 0.15) is 39.2 Å². The maximum absolute atomic E-state index is 12.8. The molecule has 0 atom stereocenters. The molecule has 0 aliphatic rings. The normalized spacial score (nSPS) is 9.00. The lowest BCUT2D eigenvalue weighted by molar-refractivity contribution is 0.598. The highest BCUT2D eigenvalue weighted by Gasteiger charge is 2.02. The van der Waals surface area contributed by atoms with E-state index < -0.39 is 0 Å².